The quantitative estimate of drug-likeness (QED) is 0.866. The SMILES string of the molecule is COc1cccc(CC(=O)N2CCC(O)(c3cn(C(C)C)nn3)C2)n1. The van der Waals surface area contributed by atoms with Crippen molar-refractivity contribution in [3.63, 3.8) is 0 Å². The lowest BCUT2D eigenvalue weighted by molar-refractivity contribution is -0.130. The van der Waals surface area contributed by atoms with Gasteiger partial charge in [-0.25, -0.2) is 9.67 Å². The molecule has 0 aromatic carbocycles. The van der Waals surface area contributed by atoms with Crippen molar-refractivity contribution in [2.45, 2.75) is 38.3 Å². The predicted molar refractivity (Wildman–Crippen MR) is 90.0 cm³/mol. The Kier molecular flexibility index (Phi) is 4.71. The molecular weight excluding hydrogens is 322 g/mol. The number of methoxy groups -OCH3 is 1. The summed E-state index contributed by atoms with van der Waals surface area (Å²) in [6.07, 6.45) is 2.37. The predicted octanol–water partition coefficient (Wildman–Crippen LogP) is 0.925. The zero-order valence-corrected chi connectivity index (χ0v) is 14.7. The molecule has 8 nitrogen and oxygen atoms in total. The number of ether oxygens (including phenoxy) is 1. The summed E-state index contributed by atoms with van der Waals surface area (Å²) < 4.78 is 6.79. The number of aliphatic hydroxyl groups is 1. The van der Waals surface area contributed by atoms with E-state index in [1.807, 2.05) is 13.8 Å². The molecule has 0 bridgehead atoms. The average Bonchev–Trinajstić information content (AvgIpc) is 3.23. The monoisotopic (exact) mass is 345 g/mol. The van der Waals surface area contributed by atoms with Crippen LogP contribution in [0.4, 0.5) is 0 Å². The molecule has 1 saturated heterocycles. The highest BCUT2D eigenvalue weighted by molar-refractivity contribution is 5.78. The molecule has 3 rings (SSSR count). The van der Waals surface area contributed by atoms with Crippen molar-refractivity contribution in [3.8, 4) is 5.88 Å². The molecule has 1 aliphatic heterocycles. The van der Waals surface area contributed by atoms with Crippen molar-refractivity contribution in [2.75, 3.05) is 20.2 Å². The van der Waals surface area contributed by atoms with Crippen LogP contribution in [0.5, 0.6) is 5.88 Å². The van der Waals surface area contributed by atoms with Crippen LogP contribution in [0, 0.1) is 0 Å². The third-order valence-electron chi connectivity index (χ3n) is 4.44. The van der Waals surface area contributed by atoms with Crippen LogP contribution in [0.15, 0.2) is 24.4 Å². The molecule has 1 unspecified atom stereocenters. The summed E-state index contributed by atoms with van der Waals surface area (Å²) in [6, 6.07) is 5.50. The standard InChI is InChI=1S/C17H23N5O3/c1-12(2)22-10-14(19-20-22)17(24)7-8-21(11-17)16(23)9-13-5-4-6-15(18-13)25-3/h4-6,10,12,24H,7-9,11H2,1-3H3. The van der Waals surface area contributed by atoms with Crippen molar-refractivity contribution in [2.24, 2.45) is 0 Å². The number of carbonyl (C=O) groups excluding carboxylic acids is 1. The highest BCUT2D eigenvalue weighted by Crippen LogP contribution is 2.31. The second kappa shape index (κ2) is 6.79. The molecular formula is C17H23N5O3. The van der Waals surface area contributed by atoms with Gasteiger partial charge in [0.05, 0.1) is 32.0 Å². The van der Waals surface area contributed by atoms with Gasteiger partial charge in [0, 0.05) is 25.1 Å². The highest BCUT2D eigenvalue weighted by Gasteiger charge is 2.41. The van der Waals surface area contributed by atoms with Gasteiger partial charge < -0.3 is 14.7 Å². The van der Waals surface area contributed by atoms with E-state index < -0.39 is 5.60 Å². The van der Waals surface area contributed by atoms with Gasteiger partial charge in [-0.3, -0.25) is 4.79 Å². The van der Waals surface area contributed by atoms with Crippen LogP contribution >= 0.6 is 0 Å². The van der Waals surface area contributed by atoms with Gasteiger partial charge in [-0.2, -0.15) is 0 Å². The van der Waals surface area contributed by atoms with E-state index in [1.165, 1.54) is 0 Å². The number of carbonyl (C=O) groups is 1. The number of amides is 1. The van der Waals surface area contributed by atoms with Gasteiger partial charge in [0.1, 0.15) is 11.3 Å². The highest BCUT2D eigenvalue weighted by atomic mass is 16.5. The van der Waals surface area contributed by atoms with Crippen molar-refractivity contribution in [1.82, 2.24) is 24.9 Å². The van der Waals surface area contributed by atoms with Crippen LogP contribution in [-0.2, 0) is 16.8 Å². The smallest absolute Gasteiger partial charge is 0.228 e. The Morgan fingerprint density at radius 3 is 2.92 bits per heavy atom. The first-order valence-electron chi connectivity index (χ1n) is 8.33. The molecule has 2 aromatic heterocycles. The lowest BCUT2D eigenvalue weighted by Crippen LogP contribution is -2.35. The third-order valence-corrected chi connectivity index (χ3v) is 4.44. The minimum atomic E-state index is -1.15. The summed E-state index contributed by atoms with van der Waals surface area (Å²) in [6.45, 7) is 4.68. The molecule has 8 heteroatoms. The molecule has 2 aromatic rings. The van der Waals surface area contributed by atoms with Gasteiger partial charge >= 0.3 is 0 Å². The largest absolute Gasteiger partial charge is 0.481 e. The Morgan fingerprint density at radius 1 is 1.44 bits per heavy atom. The van der Waals surface area contributed by atoms with Crippen LogP contribution < -0.4 is 4.74 Å². The van der Waals surface area contributed by atoms with E-state index in [0.717, 1.165) is 0 Å². The maximum absolute atomic E-state index is 12.5. The lowest BCUT2D eigenvalue weighted by atomic mass is 10.00. The minimum Gasteiger partial charge on any atom is -0.481 e. The summed E-state index contributed by atoms with van der Waals surface area (Å²) in [5.41, 5.74) is 0.00600. The molecule has 0 aliphatic carbocycles. The van der Waals surface area contributed by atoms with E-state index in [-0.39, 0.29) is 24.9 Å². The molecule has 1 amide bonds. The first kappa shape index (κ1) is 17.3. The Bertz CT molecular complexity index is 760. The minimum absolute atomic E-state index is 0.0760. The van der Waals surface area contributed by atoms with Gasteiger partial charge in [-0.05, 0) is 19.9 Å². The number of β-amino-alcohol motifs (C(OH)–C–C–N with tert-alkyl or cyclic N) is 1. The maximum atomic E-state index is 12.5. The lowest BCUT2D eigenvalue weighted by Gasteiger charge is -2.21. The second-order valence-corrected chi connectivity index (χ2v) is 6.62. The van der Waals surface area contributed by atoms with E-state index in [9.17, 15) is 9.90 Å². The van der Waals surface area contributed by atoms with E-state index in [0.29, 0.717) is 30.2 Å². The number of hydrogen-bond donors (Lipinski definition) is 1. The summed E-state index contributed by atoms with van der Waals surface area (Å²) in [7, 11) is 1.54. The Morgan fingerprint density at radius 2 is 2.24 bits per heavy atom. The number of rotatable bonds is 5. The number of nitrogens with zero attached hydrogens (tertiary/aromatic N) is 5. The molecule has 0 radical (unpaired) electrons. The number of likely N-dealkylation sites (tertiary alicyclic amines) is 1. The van der Waals surface area contributed by atoms with Crippen LogP contribution in [0.25, 0.3) is 0 Å². The fourth-order valence-corrected chi connectivity index (χ4v) is 2.89. The zero-order chi connectivity index (χ0) is 18.0. The molecule has 3 heterocycles. The van der Waals surface area contributed by atoms with E-state index >= 15 is 0 Å². The summed E-state index contributed by atoms with van der Waals surface area (Å²) >= 11 is 0. The molecule has 0 saturated carbocycles. The Hall–Kier alpha value is -2.48. The van der Waals surface area contributed by atoms with E-state index in [2.05, 4.69) is 15.3 Å². The number of hydrogen-bond acceptors (Lipinski definition) is 6. The molecule has 25 heavy (non-hydrogen) atoms. The fraction of sp³-hybridized carbons (Fsp3) is 0.529. The van der Waals surface area contributed by atoms with Crippen LogP contribution in [0.1, 0.15) is 37.7 Å². The molecule has 1 atom stereocenters. The average molecular weight is 345 g/mol. The first-order chi connectivity index (χ1) is 11.9. The summed E-state index contributed by atoms with van der Waals surface area (Å²) in [5.74, 6) is 0.404. The molecule has 1 fully saturated rings. The second-order valence-electron chi connectivity index (χ2n) is 6.62. The number of aromatic nitrogens is 4. The van der Waals surface area contributed by atoms with Gasteiger partial charge in [-0.1, -0.05) is 11.3 Å². The maximum Gasteiger partial charge on any atom is 0.228 e. The third kappa shape index (κ3) is 3.63. The molecule has 1 N–H and O–H groups in total. The fourth-order valence-electron chi connectivity index (χ4n) is 2.89. The van der Waals surface area contributed by atoms with Crippen LogP contribution in [0.3, 0.4) is 0 Å². The molecule has 1 aliphatic rings. The molecule has 0 spiro atoms. The number of pyridine rings is 1. The van der Waals surface area contributed by atoms with Crippen molar-refractivity contribution >= 4 is 5.91 Å². The van der Waals surface area contributed by atoms with Crippen molar-refractivity contribution < 1.29 is 14.6 Å². The van der Waals surface area contributed by atoms with Gasteiger partial charge in [0.25, 0.3) is 0 Å². The van der Waals surface area contributed by atoms with E-state index in [1.54, 1.807) is 41.1 Å². The van der Waals surface area contributed by atoms with Crippen LogP contribution in [-0.4, -0.2) is 56.1 Å². The molecule has 134 valence electrons. The topological polar surface area (TPSA) is 93.4 Å². The Balaban J connectivity index is 1.67. The van der Waals surface area contributed by atoms with Crippen molar-refractivity contribution in [1.29, 1.82) is 0 Å². The van der Waals surface area contributed by atoms with E-state index in [4.69, 9.17) is 4.74 Å². The van der Waals surface area contributed by atoms with Crippen LogP contribution in [0.2, 0.25) is 0 Å². The van der Waals surface area contributed by atoms with Gasteiger partial charge in [0.15, 0.2) is 0 Å². The zero-order valence-electron chi connectivity index (χ0n) is 14.7. The first-order valence-corrected chi connectivity index (χ1v) is 8.33. The van der Waals surface area contributed by atoms with Crippen molar-refractivity contribution in [3.05, 3.63) is 35.8 Å². The normalized spacial score (nSPS) is 20.3. The Labute approximate surface area is 146 Å². The summed E-state index contributed by atoms with van der Waals surface area (Å²) in [4.78, 5) is 18.4. The van der Waals surface area contributed by atoms with Gasteiger partial charge in [0.2, 0.25) is 11.8 Å². The summed E-state index contributed by atoms with van der Waals surface area (Å²) in [5, 5.41) is 19.0. The van der Waals surface area contributed by atoms with Gasteiger partial charge in [-0.15, -0.1) is 5.10 Å².